The van der Waals surface area contributed by atoms with E-state index in [9.17, 15) is 22.0 Å². The first kappa shape index (κ1) is 24.4. The summed E-state index contributed by atoms with van der Waals surface area (Å²) < 4.78 is 92.5. The standard InChI is InChI=1S/C22H29F5O4/c1-3-5-15-7-6-14(11-28-15)16-8-9-17(19(24)18(16)23)22(26,27)31-20-29-12-21(25,10-4-2)13-30-20/h8-9,14-15,20H,3-7,10-13H2,1-2H3. The zero-order valence-electron chi connectivity index (χ0n) is 17.8. The highest BCUT2D eigenvalue weighted by molar-refractivity contribution is 5.31. The van der Waals surface area contributed by atoms with Gasteiger partial charge in [-0.1, -0.05) is 32.8 Å². The van der Waals surface area contributed by atoms with E-state index < -0.39 is 54.6 Å². The van der Waals surface area contributed by atoms with Crippen LogP contribution in [-0.2, 0) is 25.1 Å². The highest BCUT2D eigenvalue weighted by Gasteiger charge is 2.45. The SMILES string of the molecule is CCCC1CCC(c2ccc(C(F)(F)OC3OCC(F)(CCC)CO3)c(F)c2F)CO1. The van der Waals surface area contributed by atoms with Gasteiger partial charge in [0.25, 0.3) is 6.48 Å². The maximum atomic E-state index is 14.7. The largest absolute Gasteiger partial charge is 0.390 e. The van der Waals surface area contributed by atoms with Crippen molar-refractivity contribution in [2.24, 2.45) is 0 Å². The van der Waals surface area contributed by atoms with E-state index in [-0.39, 0.29) is 24.7 Å². The van der Waals surface area contributed by atoms with E-state index in [0.717, 1.165) is 25.0 Å². The number of halogens is 5. The van der Waals surface area contributed by atoms with Gasteiger partial charge in [-0.25, -0.2) is 13.2 Å². The third-order valence-electron chi connectivity index (χ3n) is 5.74. The van der Waals surface area contributed by atoms with Gasteiger partial charge in [0.15, 0.2) is 17.3 Å². The lowest BCUT2D eigenvalue weighted by Crippen LogP contribution is -2.46. The summed E-state index contributed by atoms with van der Waals surface area (Å²) in [6, 6.07) is 1.93. The molecule has 31 heavy (non-hydrogen) atoms. The topological polar surface area (TPSA) is 36.9 Å². The van der Waals surface area contributed by atoms with Crippen molar-refractivity contribution in [3.05, 3.63) is 34.9 Å². The van der Waals surface area contributed by atoms with Crippen LogP contribution in [0.3, 0.4) is 0 Å². The van der Waals surface area contributed by atoms with Crippen molar-refractivity contribution in [2.75, 3.05) is 19.8 Å². The zero-order chi connectivity index (χ0) is 22.6. The van der Waals surface area contributed by atoms with Crippen LogP contribution in [0.15, 0.2) is 12.1 Å². The molecule has 2 saturated heterocycles. The Labute approximate surface area is 179 Å². The predicted octanol–water partition coefficient (Wildman–Crippen LogP) is 5.93. The fraction of sp³-hybridized carbons (Fsp3) is 0.727. The number of ether oxygens (including phenoxy) is 4. The molecule has 0 saturated carbocycles. The van der Waals surface area contributed by atoms with Crippen LogP contribution in [0.1, 0.15) is 69.4 Å². The minimum atomic E-state index is -4.23. The Kier molecular flexibility index (Phi) is 7.94. The molecule has 0 bridgehead atoms. The molecule has 2 aliphatic rings. The molecular weight excluding hydrogens is 423 g/mol. The quantitative estimate of drug-likeness (QED) is 0.458. The van der Waals surface area contributed by atoms with Gasteiger partial charge in [-0.3, -0.25) is 4.74 Å². The molecule has 1 aromatic rings. The molecule has 0 spiro atoms. The van der Waals surface area contributed by atoms with Crippen molar-refractivity contribution in [3.63, 3.8) is 0 Å². The van der Waals surface area contributed by atoms with Crippen LogP contribution in [-0.4, -0.2) is 38.1 Å². The molecule has 0 amide bonds. The highest BCUT2D eigenvalue weighted by atomic mass is 19.3. The van der Waals surface area contributed by atoms with Gasteiger partial charge in [0.2, 0.25) is 0 Å². The fourth-order valence-corrected chi connectivity index (χ4v) is 4.07. The monoisotopic (exact) mass is 452 g/mol. The predicted molar refractivity (Wildman–Crippen MR) is 102 cm³/mol. The van der Waals surface area contributed by atoms with E-state index in [1.165, 1.54) is 0 Å². The molecule has 2 heterocycles. The van der Waals surface area contributed by atoms with E-state index in [1.807, 2.05) is 6.92 Å². The lowest BCUT2D eigenvalue weighted by atomic mass is 9.89. The van der Waals surface area contributed by atoms with Gasteiger partial charge in [-0.05, 0) is 37.3 Å². The molecule has 2 atom stereocenters. The number of rotatable bonds is 8. The molecule has 2 aliphatic heterocycles. The van der Waals surface area contributed by atoms with Crippen molar-refractivity contribution in [1.29, 1.82) is 0 Å². The van der Waals surface area contributed by atoms with Gasteiger partial charge in [0, 0.05) is 5.92 Å². The second-order valence-electron chi connectivity index (χ2n) is 8.29. The molecule has 2 fully saturated rings. The molecule has 0 radical (unpaired) electrons. The molecule has 176 valence electrons. The van der Waals surface area contributed by atoms with Gasteiger partial charge < -0.3 is 14.2 Å². The van der Waals surface area contributed by atoms with E-state index in [4.69, 9.17) is 14.2 Å². The van der Waals surface area contributed by atoms with Crippen molar-refractivity contribution in [1.82, 2.24) is 0 Å². The maximum Gasteiger partial charge on any atom is 0.390 e. The van der Waals surface area contributed by atoms with Crippen molar-refractivity contribution in [2.45, 2.75) is 82.6 Å². The molecule has 0 N–H and O–H groups in total. The molecule has 0 aromatic heterocycles. The van der Waals surface area contributed by atoms with Crippen LogP contribution in [0.25, 0.3) is 0 Å². The summed E-state index contributed by atoms with van der Waals surface area (Å²) in [7, 11) is 0. The molecular formula is C22H29F5O4. The molecule has 3 rings (SSSR count). The fourth-order valence-electron chi connectivity index (χ4n) is 4.07. The Morgan fingerprint density at radius 3 is 2.32 bits per heavy atom. The molecule has 0 aliphatic carbocycles. The van der Waals surface area contributed by atoms with E-state index in [2.05, 4.69) is 4.74 Å². The van der Waals surface area contributed by atoms with Crippen LogP contribution in [0.2, 0.25) is 0 Å². The van der Waals surface area contributed by atoms with E-state index in [0.29, 0.717) is 19.3 Å². The summed E-state index contributed by atoms with van der Waals surface area (Å²) in [6.45, 7) is 1.14. The number of benzene rings is 1. The minimum absolute atomic E-state index is 0.000978. The Morgan fingerprint density at radius 1 is 1.03 bits per heavy atom. The van der Waals surface area contributed by atoms with Gasteiger partial charge in [-0.2, -0.15) is 8.78 Å². The van der Waals surface area contributed by atoms with Crippen molar-refractivity contribution in [3.8, 4) is 0 Å². The van der Waals surface area contributed by atoms with Crippen LogP contribution >= 0.6 is 0 Å². The average molecular weight is 452 g/mol. The van der Waals surface area contributed by atoms with Gasteiger partial charge in [0.05, 0.1) is 31.5 Å². The Hall–Kier alpha value is -1.29. The van der Waals surface area contributed by atoms with Crippen LogP contribution < -0.4 is 0 Å². The molecule has 2 unspecified atom stereocenters. The number of hydrogen-bond acceptors (Lipinski definition) is 4. The van der Waals surface area contributed by atoms with Crippen LogP contribution in [0.4, 0.5) is 22.0 Å². The first-order valence-electron chi connectivity index (χ1n) is 10.8. The summed E-state index contributed by atoms with van der Waals surface area (Å²) >= 11 is 0. The third-order valence-corrected chi connectivity index (χ3v) is 5.74. The van der Waals surface area contributed by atoms with Gasteiger partial charge >= 0.3 is 6.11 Å². The highest BCUT2D eigenvalue weighted by Crippen LogP contribution is 2.39. The van der Waals surface area contributed by atoms with Crippen LogP contribution in [0.5, 0.6) is 0 Å². The molecule has 1 aromatic carbocycles. The van der Waals surface area contributed by atoms with E-state index in [1.54, 1.807) is 6.92 Å². The van der Waals surface area contributed by atoms with Gasteiger partial charge in [0.1, 0.15) is 0 Å². The van der Waals surface area contributed by atoms with E-state index >= 15 is 0 Å². The van der Waals surface area contributed by atoms with Crippen LogP contribution in [0, 0.1) is 11.6 Å². The lowest BCUT2D eigenvalue weighted by molar-refractivity contribution is -0.420. The Bertz CT molecular complexity index is 729. The van der Waals surface area contributed by atoms with Crippen molar-refractivity contribution >= 4 is 0 Å². The third kappa shape index (κ3) is 5.74. The Morgan fingerprint density at radius 2 is 1.74 bits per heavy atom. The first-order valence-corrected chi connectivity index (χ1v) is 10.8. The maximum absolute atomic E-state index is 14.7. The summed E-state index contributed by atoms with van der Waals surface area (Å²) in [5, 5.41) is 0. The summed E-state index contributed by atoms with van der Waals surface area (Å²) in [5.41, 5.74) is -3.06. The number of hydrogen-bond donors (Lipinski definition) is 0. The average Bonchev–Trinajstić information content (AvgIpc) is 2.73. The summed E-state index contributed by atoms with van der Waals surface area (Å²) in [6.07, 6.45) is -0.355. The normalized spacial score (nSPS) is 29.8. The minimum Gasteiger partial charge on any atom is -0.378 e. The number of alkyl halides is 3. The zero-order valence-corrected chi connectivity index (χ0v) is 17.8. The lowest BCUT2D eigenvalue weighted by Gasteiger charge is -2.35. The second kappa shape index (κ2) is 10.1. The molecule has 4 nitrogen and oxygen atoms in total. The smallest absolute Gasteiger partial charge is 0.378 e. The van der Waals surface area contributed by atoms with Gasteiger partial charge in [-0.15, -0.1) is 0 Å². The Balaban J connectivity index is 1.66. The molecule has 9 heteroatoms. The second-order valence-corrected chi connectivity index (χ2v) is 8.29. The van der Waals surface area contributed by atoms with Crippen molar-refractivity contribution < 1.29 is 40.9 Å². The summed E-state index contributed by atoms with van der Waals surface area (Å²) in [5.74, 6) is -3.45. The summed E-state index contributed by atoms with van der Waals surface area (Å²) in [4.78, 5) is 0. The first-order chi connectivity index (χ1) is 14.7.